The molecule has 3 heteroatoms. The van der Waals surface area contributed by atoms with E-state index >= 15 is 0 Å². The second kappa shape index (κ2) is 7.36. The van der Waals surface area contributed by atoms with Crippen LogP contribution >= 0.6 is 0 Å². The zero-order valence-electron chi connectivity index (χ0n) is 15.3. The van der Waals surface area contributed by atoms with E-state index in [1.54, 1.807) is 12.1 Å². The van der Waals surface area contributed by atoms with Gasteiger partial charge in [-0.2, -0.15) is 0 Å². The van der Waals surface area contributed by atoms with Crippen molar-refractivity contribution in [2.24, 2.45) is 11.3 Å². The van der Waals surface area contributed by atoms with Gasteiger partial charge in [-0.05, 0) is 11.0 Å². The zero-order chi connectivity index (χ0) is 18.7. The van der Waals surface area contributed by atoms with Crippen molar-refractivity contribution < 1.29 is 14.4 Å². The summed E-state index contributed by atoms with van der Waals surface area (Å²) < 4.78 is 0. The molecular weight excluding hydrogens is 324 g/mol. The summed E-state index contributed by atoms with van der Waals surface area (Å²) >= 11 is 0. The highest BCUT2D eigenvalue weighted by Crippen LogP contribution is 2.41. The van der Waals surface area contributed by atoms with Gasteiger partial charge in [0, 0.05) is 30.7 Å². The quantitative estimate of drug-likeness (QED) is 0.585. The Balaban J connectivity index is 1.93. The maximum Gasteiger partial charge on any atom is 0.163 e. The fourth-order valence-corrected chi connectivity index (χ4v) is 3.92. The van der Waals surface area contributed by atoms with E-state index in [1.165, 1.54) is 0 Å². The first kappa shape index (κ1) is 18.2. The first-order valence-electron chi connectivity index (χ1n) is 9.06. The van der Waals surface area contributed by atoms with E-state index in [-0.39, 0.29) is 29.2 Å². The third-order valence-electron chi connectivity index (χ3n) is 5.13. The molecule has 3 rings (SSSR count). The highest BCUT2D eigenvalue weighted by atomic mass is 16.2. The van der Waals surface area contributed by atoms with Crippen LogP contribution in [0.1, 0.15) is 54.9 Å². The van der Waals surface area contributed by atoms with Crippen LogP contribution in [0, 0.1) is 11.3 Å². The first-order chi connectivity index (χ1) is 12.4. The predicted octanol–water partition coefficient (Wildman–Crippen LogP) is 4.62. The number of hydrogen-bond acceptors (Lipinski definition) is 3. The molecule has 0 unspecified atom stereocenters. The Morgan fingerprint density at radius 3 is 1.96 bits per heavy atom. The molecule has 1 saturated carbocycles. The van der Waals surface area contributed by atoms with Gasteiger partial charge in [-0.15, -0.1) is 0 Å². The largest absolute Gasteiger partial charge is 0.299 e. The van der Waals surface area contributed by atoms with Gasteiger partial charge in [0.05, 0.1) is 5.92 Å². The summed E-state index contributed by atoms with van der Waals surface area (Å²) in [5.41, 5.74) is 1.20. The van der Waals surface area contributed by atoms with Crippen LogP contribution in [0.15, 0.2) is 60.7 Å². The third kappa shape index (κ3) is 3.98. The van der Waals surface area contributed by atoms with Gasteiger partial charge in [-0.1, -0.05) is 74.5 Å². The number of hydrogen-bond donors (Lipinski definition) is 0. The zero-order valence-corrected chi connectivity index (χ0v) is 15.3. The van der Waals surface area contributed by atoms with Gasteiger partial charge >= 0.3 is 0 Å². The Labute approximate surface area is 154 Å². The topological polar surface area (TPSA) is 51.2 Å². The molecule has 0 aliphatic heterocycles. The van der Waals surface area contributed by atoms with Crippen molar-refractivity contribution in [2.45, 2.75) is 39.0 Å². The Bertz CT molecular complexity index is 786. The lowest BCUT2D eigenvalue weighted by Crippen LogP contribution is -2.41. The minimum absolute atomic E-state index is 0.0371. The summed E-state index contributed by atoms with van der Waals surface area (Å²) in [5.74, 6) is -1.25. The second-order valence-corrected chi connectivity index (χ2v) is 7.94. The van der Waals surface area contributed by atoms with Crippen molar-refractivity contribution in [3.05, 3.63) is 71.8 Å². The molecular formula is C23H24O3. The highest BCUT2D eigenvalue weighted by Gasteiger charge is 2.44. The van der Waals surface area contributed by atoms with Crippen LogP contribution < -0.4 is 0 Å². The Morgan fingerprint density at radius 1 is 0.923 bits per heavy atom. The molecule has 3 nitrogen and oxygen atoms in total. The monoisotopic (exact) mass is 348 g/mol. The standard InChI is InChI=1S/C23H24O3/c1-23(2)14-20(25)22(21(26)15-23)18(16-9-5-3-6-10-16)13-19(24)17-11-7-4-8-12-17/h3-12,18,22H,13-15H2,1-2H3/t18-/m0/s1. The van der Waals surface area contributed by atoms with Gasteiger partial charge in [0.1, 0.15) is 11.6 Å². The summed E-state index contributed by atoms with van der Waals surface area (Å²) in [5, 5.41) is 0. The molecule has 1 aliphatic rings. The molecule has 0 N–H and O–H groups in total. The summed E-state index contributed by atoms with van der Waals surface area (Å²) in [4.78, 5) is 38.4. The van der Waals surface area contributed by atoms with Crippen LogP contribution in [0.2, 0.25) is 0 Å². The minimum atomic E-state index is -0.724. The molecule has 1 fully saturated rings. The van der Waals surface area contributed by atoms with Gasteiger partial charge in [0.15, 0.2) is 5.78 Å². The van der Waals surface area contributed by atoms with E-state index in [9.17, 15) is 14.4 Å². The number of rotatable bonds is 5. The lowest BCUT2D eigenvalue weighted by Gasteiger charge is -2.35. The molecule has 0 heterocycles. The third-order valence-corrected chi connectivity index (χ3v) is 5.13. The average Bonchev–Trinajstić information content (AvgIpc) is 2.60. The van der Waals surface area contributed by atoms with E-state index in [2.05, 4.69) is 0 Å². The fraction of sp³-hybridized carbons (Fsp3) is 0.348. The van der Waals surface area contributed by atoms with Crippen molar-refractivity contribution >= 4 is 17.3 Å². The van der Waals surface area contributed by atoms with E-state index in [0.717, 1.165) is 5.56 Å². The number of ketones is 3. The molecule has 2 aromatic carbocycles. The van der Waals surface area contributed by atoms with Crippen LogP contribution in [-0.2, 0) is 9.59 Å². The van der Waals surface area contributed by atoms with Crippen molar-refractivity contribution in [1.82, 2.24) is 0 Å². The van der Waals surface area contributed by atoms with Crippen LogP contribution in [0.25, 0.3) is 0 Å². The van der Waals surface area contributed by atoms with Gasteiger partial charge < -0.3 is 0 Å². The Morgan fingerprint density at radius 2 is 1.42 bits per heavy atom. The van der Waals surface area contributed by atoms with Crippen LogP contribution in [0.4, 0.5) is 0 Å². The minimum Gasteiger partial charge on any atom is -0.299 e. The van der Waals surface area contributed by atoms with E-state index < -0.39 is 11.8 Å². The number of carbonyl (C=O) groups is 3. The van der Waals surface area contributed by atoms with E-state index in [0.29, 0.717) is 18.4 Å². The highest BCUT2D eigenvalue weighted by molar-refractivity contribution is 6.07. The van der Waals surface area contributed by atoms with Gasteiger partial charge in [0.25, 0.3) is 0 Å². The fourth-order valence-electron chi connectivity index (χ4n) is 3.92. The van der Waals surface area contributed by atoms with Gasteiger partial charge in [-0.3, -0.25) is 14.4 Å². The number of carbonyl (C=O) groups excluding carboxylic acids is 3. The maximum atomic E-state index is 12.8. The van der Waals surface area contributed by atoms with Crippen molar-refractivity contribution in [3.8, 4) is 0 Å². The number of benzene rings is 2. The smallest absolute Gasteiger partial charge is 0.163 e. The molecule has 0 saturated heterocycles. The molecule has 134 valence electrons. The van der Waals surface area contributed by atoms with Crippen molar-refractivity contribution in [3.63, 3.8) is 0 Å². The molecule has 0 radical (unpaired) electrons. The molecule has 0 aromatic heterocycles. The number of Topliss-reactive ketones (excluding diaryl/α,β-unsaturated/α-hetero) is 3. The Kier molecular flexibility index (Phi) is 5.17. The van der Waals surface area contributed by atoms with Crippen LogP contribution in [0.5, 0.6) is 0 Å². The summed E-state index contributed by atoms with van der Waals surface area (Å²) in [6, 6.07) is 18.5. The SMILES string of the molecule is CC1(C)CC(=O)C([C@@H](CC(=O)c2ccccc2)c2ccccc2)C(=O)C1. The van der Waals surface area contributed by atoms with Crippen LogP contribution in [-0.4, -0.2) is 17.3 Å². The predicted molar refractivity (Wildman–Crippen MR) is 101 cm³/mol. The molecule has 0 spiro atoms. The lowest BCUT2D eigenvalue weighted by molar-refractivity contribution is -0.140. The van der Waals surface area contributed by atoms with Gasteiger partial charge in [0.2, 0.25) is 0 Å². The molecule has 2 aromatic rings. The van der Waals surface area contributed by atoms with Crippen molar-refractivity contribution in [1.29, 1.82) is 0 Å². The molecule has 0 amide bonds. The summed E-state index contributed by atoms with van der Waals surface area (Å²) in [6.07, 6.45) is 0.926. The van der Waals surface area contributed by atoms with E-state index in [4.69, 9.17) is 0 Å². The maximum absolute atomic E-state index is 12.8. The molecule has 0 bridgehead atoms. The summed E-state index contributed by atoms with van der Waals surface area (Å²) in [7, 11) is 0. The van der Waals surface area contributed by atoms with Crippen LogP contribution in [0.3, 0.4) is 0 Å². The first-order valence-corrected chi connectivity index (χ1v) is 9.06. The summed E-state index contributed by atoms with van der Waals surface area (Å²) in [6.45, 7) is 3.90. The molecule has 26 heavy (non-hydrogen) atoms. The lowest BCUT2D eigenvalue weighted by atomic mass is 9.65. The Hall–Kier alpha value is -2.55. The average molecular weight is 348 g/mol. The van der Waals surface area contributed by atoms with Gasteiger partial charge in [-0.25, -0.2) is 0 Å². The normalized spacial score (nSPS) is 18.5. The van der Waals surface area contributed by atoms with Crippen molar-refractivity contribution in [2.75, 3.05) is 0 Å². The second-order valence-electron chi connectivity index (χ2n) is 7.94. The van der Waals surface area contributed by atoms with E-state index in [1.807, 2.05) is 62.4 Å². The molecule has 1 aliphatic carbocycles. The molecule has 1 atom stereocenters.